The molecule has 0 spiro atoms. The Bertz CT molecular complexity index is 868. The third-order valence-electron chi connectivity index (χ3n) is 4.53. The van der Waals surface area contributed by atoms with Crippen LogP contribution in [0.1, 0.15) is 24.2 Å². The predicted octanol–water partition coefficient (Wildman–Crippen LogP) is 3.04. The van der Waals surface area contributed by atoms with Crippen LogP contribution in [0.15, 0.2) is 30.3 Å². The zero-order valence-electron chi connectivity index (χ0n) is 19.9. The third kappa shape index (κ3) is 9.02. The zero-order chi connectivity index (χ0) is 24.1. The molecule has 0 aliphatic rings. The second-order valence-electron chi connectivity index (χ2n) is 6.61. The molecule has 0 saturated heterocycles. The molecular formula is C24H34LiO8P. The molecule has 184 valence electrons. The second-order valence-corrected chi connectivity index (χ2v) is 7.85. The van der Waals surface area contributed by atoms with Crippen molar-refractivity contribution in [2.45, 2.75) is 13.8 Å². The van der Waals surface area contributed by atoms with Crippen LogP contribution in [0.5, 0.6) is 28.7 Å². The number of carbonyl (C=O) groups excluding carboxylic acids is 1. The summed E-state index contributed by atoms with van der Waals surface area (Å²) in [5, 5.41) is 0.744. The van der Waals surface area contributed by atoms with Gasteiger partial charge >= 0.3 is 18.9 Å². The van der Waals surface area contributed by atoms with Crippen molar-refractivity contribution >= 4 is 38.3 Å². The van der Waals surface area contributed by atoms with Crippen LogP contribution in [0, 0.1) is 0 Å². The summed E-state index contributed by atoms with van der Waals surface area (Å²) in [4.78, 5) is 13.3. The molecule has 10 heteroatoms. The maximum atomic E-state index is 13.3. The van der Waals surface area contributed by atoms with Crippen molar-refractivity contribution in [3.8, 4) is 28.7 Å². The van der Waals surface area contributed by atoms with Crippen LogP contribution >= 0.6 is 8.58 Å². The molecule has 1 atom stereocenters. The van der Waals surface area contributed by atoms with E-state index in [2.05, 4.69) is 0 Å². The summed E-state index contributed by atoms with van der Waals surface area (Å²) in [7, 11) is 4.33. The Morgan fingerprint density at radius 2 is 1.29 bits per heavy atom. The molecule has 8 nitrogen and oxygen atoms in total. The fourth-order valence-corrected chi connectivity index (χ4v) is 4.00. The quantitative estimate of drug-likeness (QED) is 0.203. The predicted molar refractivity (Wildman–Crippen MR) is 136 cm³/mol. The van der Waals surface area contributed by atoms with Gasteiger partial charge in [0.1, 0.15) is 47.5 Å². The van der Waals surface area contributed by atoms with E-state index in [4.69, 9.17) is 33.2 Å². The number of carbonyl (C=O) groups is 1. The van der Waals surface area contributed by atoms with E-state index in [-0.39, 0.29) is 33.0 Å². The number of methoxy groups -OCH3 is 3. The Labute approximate surface area is 215 Å². The van der Waals surface area contributed by atoms with Crippen molar-refractivity contribution in [2.24, 2.45) is 0 Å². The van der Waals surface area contributed by atoms with Crippen molar-refractivity contribution in [1.82, 2.24) is 0 Å². The standard InChI is InChI=1S/C24H33O8P.Li.H/c1-6-29-10-12-31-17-8-9-22(19(14-17)32-13-11-30-7-2)33-24(25)23-20(27-4)15-18(26-3)16-21(23)28-5;;/h8-9,14-16,33H,6-7,10-13H2,1-5H3;;. The van der Waals surface area contributed by atoms with E-state index in [0.29, 0.717) is 74.0 Å². The molecule has 1 unspecified atom stereocenters. The molecule has 0 aromatic heterocycles. The van der Waals surface area contributed by atoms with Gasteiger partial charge in [0.05, 0.1) is 34.5 Å². The van der Waals surface area contributed by atoms with Gasteiger partial charge in [-0.1, -0.05) is 0 Å². The van der Waals surface area contributed by atoms with Gasteiger partial charge in [-0.2, -0.15) is 0 Å². The first-order valence-corrected chi connectivity index (χ1v) is 11.7. The molecule has 2 aromatic rings. The van der Waals surface area contributed by atoms with E-state index >= 15 is 0 Å². The summed E-state index contributed by atoms with van der Waals surface area (Å²) in [5.41, 5.74) is 0.211. The number of hydrogen-bond donors (Lipinski definition) is 0. The molecule has 0 radical (unpaired) electrons. The molecule has 2 rings (SSSR count). The van der Waals surface area contributed by atoms with Gasteiger partial charge in [-0.05, 0) is 34.6 Å². The van der Waals surface area contributed by atoms with E-state index in [1.54, 1.807) is 25.3 Å². The monoisotopic (exact) mass is 488 g/mol. The Morgan fingerprint density at radius 1 is 0.735 bits per heavy atom. The van der Waals surface area contributed by atoms with E-state index in [1.165, 1.54) is 14.2 Å². The molecule has 0 heterocycles. The molecule has 0 bridgehead atoms. The number of rotatable bonds is 16. The van der Waals surface area contributed by atoms with Crippen LogP contribution in [-0.2, 0) is 9.47 Å². The molecule has 0 N–H and O–H groups in total. The molecule has 0 aliphatic carbocycles. The van der Waals surface area contributed by atoms with Gasteiger partial charge in [-0.15, -0.1) is 0 Å². The van der Waals surface area contributed by atoms with Crippen molar-refractivity contribution in [3.05, 3.63) is 35.9 Å². The van der Waals surface area contributed by atoms with Gasteiger partial charge in [0.25, 0.3) is 0 Å². The van der Waals surface area contributed by atoms with Gasteiger partial charge in [0.2, 0.25) is 0 Å². The molecule has 0 aliphatic heterocycles. The summed E-state index contributed by atoms with van der Waals surface area (Å²) in [6.07, 6.45) is 0. The van der Waals surface area contributed by atoms with E-state index < -0.39 is 0 Å². The van der Waals surface area contributed by atoms with Crippen LogP contribution < -0.4 is 29.0 Å². The first-order chi connectivity index (χ1) is 16.1. The van der Waals surface area contributed by atoms with Gasteiger partial charge in [0, 0.05) is 36.7 Å². The average Bonchev–Trinajstić information content (AvgIpc) is 2.84. The van der Waals surface area contributed by atoms with Crippen LogP contribution in [0.25, 0.3) is 0 Å². The van der Waals surface area contributed by atoms with E-state index in [0.717, 1.165) is 5.30 Å². The summed E-state index contributed by atoms with van der Waals surface area (Å²) in [5.74, 6) is 2.53. The Morgan fingerprint density at radius 3 is 1.82 bits per heavy atom. The first kappa shape index (κ1) is 30.1. The fourth-order valence-electron chi connectivity index (χ4n) is 2.95. The summed E-state index contributed by atoms with van der Waals surface area (Å²) >= 11 is 0. The van der Waals surface area contributed by atoms with Crippen LogP contribution in [0.3, 0.4) is 0 Å². The minimum absolute atomic E-state index is 0. The Balaban J connectivity index is 0.00000578. The Kier molecular flexibility index (Phi) is 14.7. The van der Waals surface area contributed by atoms with Gasteiger partial charge in [-0.3, -0.25) is 4.79 Å². The van der Waals surface area contributed by atoms with Crippen LogP contribution in [-0.4, -0.2) is 85.4 Å². The van der Waals surface area contributed by atoms with Crippen molar-refractivity contribution in [2.75, 3.05) is 61.0 Å². The summed E-state index contributed by atoms with van der Waals surface area (Å²) in [6.45, 7) is 6.82. The summed E-state index contributed by atoms with van der Waals surface area (Å²) in [6, 6.07) is 8.77. The maximum absolute atomic E-state index is 13.3. The van der Waals surface area contributed by atoms with Gasteiger partial charge in [0.15, 0.2) is 5.52 Å². The Hall–Kier alpha value is -1.94. The first-order valence-electron chi connectivity index (χ1n) is 10.7. The van der Waals surface area contributed by atoms with Crippen molar-refractivity contribution in [1.29, 1.82) is 0 Å². The van der Waals surface area contributed by atoms with Crippen molar-refractivity contribution in [3.63, 3.8) is 0 Å². The molecule has 0 saturated carbocycles. The number of hydrogen-bond acceptors (Lipinski definition) is 8. The average molecular weight is 488 g/mol. The fraction of sp³-hybridized carbons (Fsp3) is 0.458. The molecule has 34 heavy (non-hydrogen) atoms. The molecular weight excluding hydrogens is 454 g/mol. The SMILES string of the molecule is CCOCCOc1ccc(PC(=O)c2c(OC)cc(OC)cc2OC)c(OCCOCC)c1.[LiH]. The van der Waals surface area contributed by atoms with Gasteiger partial charge in [-0.25, -0.2) is 0 Å². The molecule has 0 fully saturated rings. The topological polar surface area (TPSA) is 81.7 Å². The normalized spacial score (nSPS) is 10.6. The van der Waals surface area contributed by atoms with Gasteiger partial charge < -0.3 is 33.2 Å². The van der Waals surface area contributed by atoms with Crippen molar-refractivity contribution < 1.29 is 38.0 Å². The van der Waals surface area contributed by atoms with Crippen LogP contribution in [0.2, 0.25) is 0 Å². The zero-order valence-corrected chi connectivity index (χ0v) is 20.9. The van der Waals surface area contributed by atoms with E-state index in [9.17, 15) is 4.79 Å². The third-order valence-corrected chi connectivity index (χ3v) is 5.69. The number of ether oxygens (including phenoxy) is 7. The number of benzene rings is 2. The molecule has 0 amide bonds. The minimum atomic E-state index is -0.224. The molecule has 2 aromatic carbocycles. The van der Waals surface area contributed by atoms with E-state index in [1.807, 2.05) is 26.0 Å². The van der Waals surface area contributed by atoms with Crippen LogP contribution in [0.4, 0.5) is 0 Å². The summed E-state index contributed by atoms with van der Waals surface area (Å²) < 4.78 is 38.5. The second kappa shape index (κ2) is 16.6.